The second-order valence-corrected chi connectivity index (χ2v) is 9.42. The highest BCUT2D eigenvalue weighted by molar-refractivity contribution is 5.77. The number of para-hydroxylation sites is 1. The van der Waals surface area contributed by atoms with E-state index in [1.165, 1.54) is 24.3 Å². The van der Waals surface area contributed by atoms with Crippen LogP contribution < -0.4 is 14.2 Å². The van der Waals surface area contributed by atoms with E-state index in [0.717, 1.165) is 29.3 Å². The third-order valence-corrected chi connectivity index (χ3v) is 6.12. The van der Waals surface area contributed by atoms with Crippen LogP contribution in [0.2, 0.25) is 0 Å². The molecular weight excluding hydrogens is 566 g/mol. The van der Waals surface area contributed by atoms with Crippen molar-refractivity contribution in [1.82, 2.24) is 0 Å². The number of hydrogen-bond donors (Lipinski definition) is 1. The Kier molecular flexibility index (Phi) is 8.70. The second-order valence-electron chi connectivity index (χ2n) is 9.42. The van der Waals surface area contributed by atoms with Crippen LogP contribution in [0.3, 0.4) is 0 Å². The molecule has 0 aliphatic rings. The van der Waals surface area contributed by atoms with Gasteiger partial charge >= 0.3 is 18.5 Å². The summed E-state index contributed by atoms with van der Waals surface area (Å²) < 4.78 is 95.9. The molecule has 0 aromatic heterocycles. The van der Waals surface area contributed by atoms with E-state index >= 15 is 0 Å². The average Bonchev–Trinajstić information content (AvgIpc) is 2.87. The molecule has 5 nitrogen and oxygen atoms in total. The maximum Gasteiger partial charge on any atom is 0.573 e. The molecule has 4 aromatic rings. The first kappa shape index (κ1) is 30.3. The van der Waals surface area contributed by atoms with Gasteiger partial charge in [-0.15, -0.1) is 13.2 Å². The minimum atomic E-state index is -5.08. The van der Waals surface area contributed by atoms with E-state index in [9.17, 15) is 31.1 Å². The number of alkyl halides is 6. The highest BCUT2D eigenvalue weighted by Crippen LogP contribution is 2.43. The number of halogens is 6. The molecule has 0 aliphatic carbocycles. The molecule has 0 saturated carbocycles. The second kappa shape index (κ2) is 12.1. The summed E-state index contributed by atoms with van der Waals surface area (Å²) in [4.78, 5) is 10.9. The molecule has 0 heterocycles. The predicted octanol–water partition coefficient (Wildman–Crippen LogP) is 9.49. The first-order valence-corrected chi connectivity index (χ1v) is 12.5. The summed E-state index contributed by atoms with van der Waals surface area (Å²) in [7, 11) is 0. The number of carboxylic acid groups (broad SMARTS) is 1. The molecule has 0 amide bonds. The molecule has 0 atom stereocenters. The molecule has 0 aliphatic heterocycles. The van der Waals surface area contributed by atoms with Crippen LogP contribution in [0.25, 0.3) is 11.1 Å². The summed E-state index contributed by atoms with van der Waals surface area (Å²) in [6, 6.07) is 17.3. The van der Waals surface area contributed by atoms with Gasteiger partial charge in [-0.25, -0.2) is 0 Å². The van der Waals surface area contributed by atoms with Crippen molar-refractivity contribution in [3.05, 3.63) is 101 Å². The van der Waals surface area contributed by atoms with Gasteiger partial charge in [0.1, 0.15) is 28.7 Å². The summed E-state index contributed by atoms with van der Waals surface area (Å²) in [6.45, 7) is 3.56. The summed E-state index contributed by atoms with van der Waals surface area (Å²) in [5, 5.41) is 8.92. The minimum absolute atomic E-state index is 0.0155. The average molecular weight is 591 g/mol. The van der Waals surface area contributed by atoms with Crippen LogP contribution in [0.5, 0.6) is 28.7 Å². The number of benzene rings is 4. The molecule has 1 N–H and O–H groups in total. The quantitative estimate of drug-likeness (QED) is 0.197. The normalized spacial score (nSPS) is 11.7. The lowest BCUT2D eigenvalue weighted by Gasteiger charge is -2.18. The zero-order valence-electron chi connectivity index (χ0n) is 22.3. The van der Waals surface area contributed by atoms with Gasteiger partial charge in [-0.1, -0.05) is 24.3 Å². The van der Waals surface area contributed by atoms with E-state index in [4.69, 9.17) is 14.6 Å². The van der Waals surface area contributed by atoms with E-state index in [1.54, 1.807) is 37.3 Å². The van der Waals surface area contributed by atoms with Crippen molar-refractivity contribution in [2.75, 3.05) is 0 Å². The molecule has 11 heteroatoms. The molecule has 4 rings (SSSR count). The van der Waals surface area contributed by atoms with Crippen molar-refractivity contribution in [2.24, 2.45) is 0 Å². The number of ether oxygens (including phenoxy) is 3. The lowest BCUT2D eigenvalue weighted by molar-refractivity contribution is -0.274. The molecule has 0 radical (unpaired) electrons. The van der Waals surface area contributed by atoms with Gasteiger partial charge in [0, 0.05) is 23.6 Å². The predicted molar refractivity (Wildman–Crippen MR) is 142 cm³/mol. The van der Waals surface area contributed by atoms with Crippen molar-refractivity contribution < 1.29 is 50.5 Å². The fourth-order valence-electron chi connectivity index (χ4n) is 4.26. The Hall–Kier alpha value is -4.67. The third-order valence-electron chi connectivity index (χ3n) is 6.12. The maximum atomic E-state index is 13.6. The van der Waals surface area contributed by atoms with Gasteiger partial charge in [0.25, 0.3) is 0 Å². The number of aliphatic carboxylic acids is 1. The van der Waals surface area contributed by atoms with Crippen LogP contribution in [-0.2, 0) is 17.4 Å². The van der Waals surface area contributed by atoms with E-state index in [-0.39, 0.29) is 29.0 Å². The summed E-state index contributed by atoms with van der Waals surface area (Å²) in [5.74, 6) is -0.792. The molecule has 42 heavy (non-hydrogen) atoms. The first-order chi connectivity index (χ1) is 19.7. The number of hydrogen-bond acceptors (Lipinski definition) is 4. The molecule has 0 saturated heterocycles. The van der Waals surface area contributed by atoms with Gasteiger partial charge in [-0.05, 0) is 85.5 Å². The molecule has 4 aromatic carbocycles. The van der Waals surface area contributed by atoms with Crippen LogP contribution in [-0.4, -0.2) is 17.4 Å². The van der Waals surface area contributed by atoms with Crippen molar-refractivity contribution in [1.29, 1.82) is 0 Å². The SMILES string of the molecule is Cc1cc(Oc2ccc(CCC(=O)O)c(C)c2)cc(Oc2ccc(C(F)(F)F)cc2-c2ccccc2OC(F)(F)F)c1. The van der Waals surface area contributed by atoms with Crippen molar-refractivity contribution in [3.63, 3.8) is 0 Å². The van der Waals surface area contributed by atoms with Gasteiger partial charge < -0.3 is 19.3 Å². The monoisotopic (exact) mass is 590 g/mol. The van der Waals surface area contributed by atoms with E-state index in [2.05, 4.69) is 4.74 Å². The number of carbonyl (C=O) groups is 1. The van der Waals surface area contributed by atoms with Gasteiger partial charge in [-0.3, -0.25) is 4.79 Å². The van der Waals surface area contributed by atoms with Crippen molar-refractivity contribution in [3.8, 4) is 39.9 Å². The summed E-state index contributed by atoms with van der Waals surface area (Å²) >= 11 is 0. The Morgan fingerprint density at radius 3 is 2.07 bits per heavy atom. The highest BCUT2D eigenvalue weighted by atomic mass is 19.4. The van der Waals surface area contributed by atoms with Gasteiger partial charge in [-0.2, -0.15) is 13.2 Å². The third kappa shape index (κ3) is 7.96. The van der Waals surface area contributed by atoms with E-state index in [0.29, 0.717) is 29.5 Å². The molecule has 0 unspecified atom stereocenters. The fraction of sp³-hybridized carbons (Fsp3) is 0.194. The van der Waals surface area contributed by atoms with Crippen LogP contribution >= 0.6 is 0 Å². The topological polar surface area (TPSA) is 65.0 Å². The Morgan fingerprint density at radius 1 is 0.738 bits per heavy atom. The molecular formula is C31H24F6O5. The van der Waals surface area contributed by atoms with Crippen LogP contribution in [0.4, 0.5) is 26.3 Å². The minimum Gasteiger partial charge on any atom is -0.481 e. The number of carboxylic acids is 1. The van der Waals surface area contributed by atoms with Crippen molar-refractivity contribution >= 4 is 5.97 Å². The Labute approximate surface area is 236 Å². The summed E-state index contributed by atoms with van der Waals surface area (Å²) in [5.41, 5.74) is 0.753. The Bertz CT molecular complexity index is 1590. The lowest BCUT2D eigenvalue weighted by Crippen LogP contribution is -2.17. The van der Waals surface area contributed by atoms with Crippen LogP contribution in [0.15, 0.2) is 78.9 Å². The largest absolute Gasteiger partial charge is 0.573 e. The molecule has 220 valence electrons. The van der Waals surface area contributed by atoms with E-state index < -0.39 is 29.8 Å². The van der Waals surface area contributed by atoms with Gasteiger partial charge in [0.15, 0.2) is 0 Å². The van der Waals surface area contributed by atoms with E-state index in [1.807, 2.05) is 6.92 Å². The Morgan fingerprint density at radius 2 is 1.43 bits per heavy atom. The van der Waals surface area contributed by atoms with Crippen LogP contribution in [0.1, 0.15) is 28.7 Å². The molecule has 0 fully saturated rings. The summed E-state index contributed by atoms with van der Waals surface area (Å²) in [6.07, 6.45) is -9.50. The smallest absolute Gasteiger partial charge is 0.481 e. The lowest BCUT2D eigenvalue weighted by atomic mass is 10.0. The van der Waals surface area contributed by atoms with Gasteiger partial charge in [0.05, 0.1) is 5.56 Å². The molecule has 0 spiro atoms. The zero-order chi connectivity index (χ0) is 30.7. The first-order valence-electron chi connectivity index (χ1n) is 12.5. The number of rotatable bonds is 9. The zero-order valence-corrected chi connectivity index (χ0v) is 22.3. The van der Waals surface area contributed by atoms with Crippen molar-refractivity contribution in [2.45, 2.75) is 39.2 Å². The Balaban J connectivity index is 1.68. The van der Waals surface area contributed by atoms with Crippen LogP contribution in [0, 0.1) is 13.8 Å². The maximum absolute atomic E-state index is 13.6. The fourth-order valence-corrected chi connectivity index (χ4v) is 4.26. The number of aryl methyl sites for hydroxylation is 3. The molecule has 0 bridgehead atoms. The highest BCUT2D eigenvalue weighted by Gasteiger charge is 2.34. The standard InChI is InChI=1S/C31H24F6O5/c1-18-13-23(40-22-10-7-20(19(2)15-22)8-12-29(38)39)17-24(14-18)41-27-11-9-21(30(32,33)34)16-26(27)25-5-3-4-6-28(25)42-31(35,36)37/h3-7,9-11,13-17H,8,12H2,1-2H3,(H,38,39). The van der Waals surface area contributed by atoms with Gasteiger partial charge in [0.2, 0.25) is 0 Å².